The van der Waals surface area contributed by atoms with Crippen LogP contribution in [-0.4, -0.2) is 96.6 Å². The first-order valence-electron chi connectivity index (χ1n) is 18.9. The zero-order valence-corrected chi connectivity index (χ0v) is 30.0. The molecule has 5 aliphatic carbocycles. The lowest BCUT2D eigenvalue weighted by molar-refractivity contribution is -0.253. The van der Waals surface area contributed by atoms with Crippen LogP contribution in [0, 0.1) is 50.7 Å². The quantitative estimate of drug-likeness (QED) is 0.399. The maximum absolute atomic E-state index is 12.5. The molecule has 3 saturated heterocycles. The maximum Gasteiger partial charge on any atom is 0.410 e. The Bertz CT molecular complexity index is 1230. The summed E-state index contributed by atoms with van der Waals surface area (Å²) in [5, 5.41) is 12.1. The van der Waals surface area contributed by atoms with E-state index in [1.807, 2.05) is 25.7 Å². The van der Waals surface area contributed by atoms with Crippen molar-refractivity contribution in [3.63, 3.8) is 0 Å². The molecule has 0 bridgehead atoms. The molecule has 0 aromatic heterocycles. The van der Waals surface area contributed by atoms with Gasteiger partial charge in [0.1, 0.15) is 5.60 Å². The van der Waals surface area contributed by atoms with E-state index in [1.165, 1.54) is 38.5 Å². The normalized spacial score (nSPS) is 51.5. The number of amides is 1. The number of rotatable bonds is 3. The van der Waals surface area contributed by atoms with Gasteiger partial charge in [-0.15, -0.1) is 0 Å². The van der Waals surface area contributed by atoms with Gasteiger partial charge in [-0.2, -0.15) is 0 Å². The monoisotopic (exact) mass is 642 g/mol. The van der Waals surface area contributed by atoms with Crippen molar-refractivity contribution in [3.05, 3.63) is 0 Å². The van der Waals surface area contributed by atoms with Crippen LogP contribution in [0.3, 0.4) is 0 Å². The number of likely N-dealkylation sites (tertiary alicyclic amines) is 1. The summed E-state index contributed by atoms with van der Waals surface area (Å²) in [6.45, 7) is 22.7. The van der Waals surface area contributed by atoms with Gasteiger partial charge in [-0.3, -0.25) is 4.90 Å². The van der Waals surface area contributed by atoms with Crippen LogP contribution in [0.4, 0.5) is 4.79 Å². The van der Waals surface area contributed by atoms with Gasteiger partial charge in [0, 0.05) is 37.7 Å². The summed E-state index contributed by atoms with van der Waals surface area (Å²) in [5.41, 5.74) is 0.430. The van der Waals surface area contributed by atoms with E-state index < -0.39 is 5.60 Å². The summed E-state index contributed by atoms with van der Waals surface area (Å²) in [5.74, 6) is 2.32. The summed E-state index contributed by atoms with van der Waals surface area (Å²) in [6, 6.07) is 0.341. The summed E-state index contributed by atoms with van der Waals surface area (Å²) in [7, 11) is 0. The van der Waals surface area contributed by atoms with E-state index in [4.69, 9.17) is 18.9 Å². The van der Waals surface area contributed by atoms with E-state index in [0.29, 0.717) is 60.2 Å². The van der Waals surface area contributed by atoms with Gasteiger partial charge >= 0.3 is 6.09 Å². The first kappa shape index (κ1) is 32.3. The third-order valence-corrected chi connectivity index (χ3v) is 16.1. The Morgan fingerprint density at radius 1 is 0.891 bits per heavy atom. The highest BCUT2D eigenvalue weighted by atomic mass is 16.7. The number of aliphatic hydroxyl groups is 1. The van der Waals surface area contributed by atoms with Crippen LogP contribution in [0.2, 0.25) is 0 Å². The highest BCUT2D eigenvalue weighted by Crippen LogP contribution is 2.89. The van der Waals surface area contributed by atoms with Crippen LogP contribution >= 0.6 is 0 Å². The predicted octanol–water partition coefficient (Wildman–Crippen LogP) is 6.09. The lowest BCUT2D eigenvalue weighted by Gasteiger charge is -2.64. The van der Waals surface area contributed by atoms with Gasteiger partial charge in [-0.05, 0) is 117 Å². The molecule has 8 heteroatoms. The van der Waals surface area contributed by atoms with E-state index in [-0.39, 0.29) is 46.9 Å². The number of carbonyl (C=O) groups is 1. The standard InChI is InChI=1S/C38H62N2O6/c1-23-12-17-44-30-29(23)35(7)14-15-38-22-37(38)13-11-27(34(5,6)25(37)9-10-26(38)36(35,8)31(30)41)45-28-21-39(16-18-43-28)24-19-40(20-24)32(42)46-33(2,3)4/h23-31,41H,9-22H2,1-8H3/t23-,25+,26?,27+,28+,29+,30?,31+,35-,36-,37-,38?/m1/s1. The van der Waals surface area contributed by atoms with E-state index >= 15 is 0 Å². The Hall–Kier alpha value is -0.930. The molecule has 12 atom stereocenters. The van der Waals surface area contributed by atoms with E-state index in [0.717, 1.165) is 32.5 Å². The van der Waals surface area contributed by atoms with Crippen LogP contribution in [0.1, 0.15) is 107 Å². The molecule has 8 rings (SSSR count). The number of morpholine rings is 1. The second-order valence-electron chi connectivity index (χ2n) is 19.3. The van der Waals surface area contributed by atoms with Gasteiger partial charge in [0.05, 0.1) is 31.5 Å². The van der Waals surface area contributed by atoms with Crippen LogP contribution in [0.15, 0.2) is 0 Å². The minimum Gasteiger partial charge on any atom is -0.444 e. The molecule has 8 nitrogen and oxygen atoms in total. The van der Waals surface area contributed by atoms with Crippen LogP contribution < -0.4 is 0 Å². The highest BCUT2D eigenvalue weighted by Gasteiger charge is 2.84. The topological polar surface area (TPSA) is 80.7 Å². The molecule has 8 aliphatic rings. The minimum absolute atomic E-state index is 0.0114. The van der Waals surface area contributed by atoms with Crippen molar-refractivity contribution in [3.8, 4) is 0 Å². The minimum atomic E-state index is -0.468. The molecule has 3 heterocycles. The average molecular weight is 643 g/mol. The third-order valence-electron chi connectivity index (χ3n) is 16.1. The molecule has 260 valence electrons. The fraction of sp³-hybridized carbons (Fsp3) is 0.974. The molecular weight excluding hydrogens is 580 g/mol. The molecule has 0 aromatic carbocycles. The Morgan fingerprint density at radius 3 is 2.35 bits per heavy atom. The van der Waals surface area contributed by atoms with Crippen LogP contribution in [0.5, 0.6) is 0 Å². The van der Waals surface area contributed by atoms with Gasteiger partial charge in [0.2, 0.25) is 0 Å². The maximum atomic E-state index is 12.5. The summed E-state index contributed by atoms with van der Waals surface area (Å²) in [4.78, 5) is 16.8. The number of hydrogen-bond acceptors (Lipinski definition) is 7. The lowest BCUT2D eigenvalue weighted by Crippen LogP contribution is -2.64. The summed E-state index contributed by atoms with van der Waals surface area (Å²) in [6.07, 6.45) is 9.24. The number of ether oxygens (including phenoxy) is 4. The molecule has 0 radical (unpaired) electrons. The molecule has 3 unspecified atom stereocenters. The van der Waals surface area contributed by atoms with Crippen molar-refractivity contribution < 1.29 is 28.8 Å². The molecule has 1 amide bonds. The molecule has 5 saturated carbocycles. The number of fused-ring (bicyclic) bond motifs is 4. The third kappa shape index (κ3) is 4.24. The Kier molecular flexibility index (Phi) is 7.23. The van der Waals surface area contributed by atoms with Crippen molar-refractivity contribution >= 4 is 6.09 Å². The van der Waals surface area contributed by atoms with Crippen LogP contribution in [-0.2, 0) is 18.9 Å². The molecule has 46 heavy (non-hydrogen) atoms. The Balaban J connectivity index is 0.941. The predicted molar refractivity (Wildman–Crippen MR) is 175 cm³/mol. The van der Waals surface area contributed by atoms with E-state index in [1.54, 1.807) is 0 Å². The molecule has 3 aliphatic heterocycles. The van der Waals surface area contributed by atoms with Crippen molar-refractivity contribution in [1.29, 1.82) is 0 Å². The van der Waals surface area contributed by atoms with Crippen molar-refractivity contribution in [2.45, 2.75) is 143 Å². The lowest BCUT2D eigenvalue weighted by atomic mass is 9.41. The van der Waals surface area contributed by atoms with Gasteiger partial charge in [0.15, 0.2) is 6.29 Å². The fourth-order valence-corrected chi connectivity index (χ4v) is 13.8. The van der Waals surface area contributed by atoms with Crippen molar-refractivity contribution in [2.75, 3.05) is 39.4 Å². The summed E-state index contributed by atoms with van der Waals surface area (Å²) < 4.78 is 25.2. The number of nitrogens with zero attached hydrogens (tertiary/aromatic N) is 2. The van der Waals surface area contributed by atoms with Crippen molar-refractivity contribution in [2.24, 2.45) is 50.7 Å². The largest absolute Gasteiger partial charge is 0.444 e. The number of carbonyl (C=O) groups excluding carboxylic acids is 1. The average Bonchev–Trinajstić information content (AvgIpc) is 3.58. The second-order valence-corrected chi connectivity index (χ2v) is 19.3. The second kappa shape index (κ2) is 10.3. The molecule has 8 fully saturated rings. The molecular formula is C38H62N2O6. The first-order chi connectivity index (χ1) is 21.6. The Labute approximate surface area is 277 Å². The van der Waals surface area contributed by atoms with Gasteiger partial charge in [0.25, 0.3) is 0 Å². The molecule has 0 aromatic rings. The molecule has 2 spiro atoms. The number of hydrogen-bond donors (Lipinski definition) is 1. The Morgan fingerprint density at radius 2 is 1.61 bits per heavy atom. The van der Waals surface area contributed by atoms with E-state index in [2.05, 4.69) is 39.5 Å². The zero-order valence-electron chi connectivity index (χ0n) is 30.0. The molecule has 1 N–H and O–H groups in total. The first-order valence-corrected chi connectivity index (χ1v) is 18.9. The van der Waals surface area contributed by atoms with Gasteiger partial charge in [-0.25, -0.2) is 4.79 Å². The zero-order chi connectivity index (χ0) is 32.7. The fourth-order valence-electron chi connectivity index (χ4n) is 13.8. The van der Waals surface area contributed by atoms with Crippen molar-refractivity contribution in [1.82, 2.24) is 9.80 Å². The highest BCUT2D eigenvalue weighted by molar-refractivity contribution is 5.69. The van der Waals surface area contributed by atoms with Gasteiger partial charge < -0.3 is 29.0 Å². The van der Waals surface area contributed by atoms with Crippen LogP contribution in [0.25, 0.3) is 0 Å². The smallest absolute Gasteiger partial charge is 0.410 e. The SMILES string of the molecule is C[C@@H]1CCOC2[C@H]1[C@@]1(C)CCC34C[C@@]35CC[C@H](O[C@H]3CN(C6CN(C(=O)OC(C)(C)C)C6)CCO3)C(C)(C)[C@@H]5CCC4[C@]1(C)[C@H]2O. The number of aliphatic hydroxyl groups excluding tert-OH is 1. The van der Waals surface area contributed by atoms with Gasteiger partial charge in [-0.1, -0.05) is 34.6 Å². The van der Waals surface area contributed by atoms with E-state index in [9.17, 15) is 9.90 Å². The summed E-state index contributed by atoms with van der Waals surface area (Å²) >= 11 is 0.